The van der Waals surface area contributed by atoms with Crippen LogP contribution in [-0.2, 0) is 4.79 Å². The van der Waals surface area contributed by atoms with Crippen molar-refractivity contribution in [2.75, 3.05) is 31.5 Å². The van der Waals surface area contributed by atoms with E-state index in [1.807, 2.05) is 31.2 Å². The third kappa shape index (κ3) is 3.78. The number of aromatic nitrogens is 1. The molecule has 0 spiro atoms. The zero-order valence-electron chi connectivity index (χ0n) is 15.9. The van der Waals surface area contributed by atoms with Gasteiger partial charge in [-0.05, 0) is 37.6 Å². The molecule has 1 aromatic carbocycles. The summed E-state index contributed by atoms with van der Waals surface area (Å²) in [4.78, 5) is 20.7. The standard InChI is InChI=1S/C21H24FN5O/c1-14-9-15(22)11-27(14)21(28)13-26-8-7-17(12-26)25-20-4-2-3-19-18(20)6-5-16(10-23)24-19/h2-6,14-15,17,25H,7-9,11-13H2,1H3/t14-,15+,17+/m1/s1. The summed E-state index contributed by atoms with van der Waals surface area (Å²) >= 11 is 0. The van der Waals surface area contributed by atoms with Gasteiger partial charge in [-0.1, -0.05) is 6.07 Å². The minimum atomic E-state index is -0.895. The number of likely N-dealkylation sites (tertiary alicyclic amines) is 2. The number of carbonyl (C=O) groups excluding carboxylic acids is 1. The maximum atomic E-state index is 13.5. The Morgan fingerprint density at radius 2 is 2.21 bits per heavy atom. The van der Waals surface area contributed by atoms with Gasteiger partial charge in [-0.2, -0.15) is 5.26 Å². The predicted octanol–water partition coefficient (Wildman–Crippen LogP) is 2.55. The predicted molar refractivity (Wildman–Crippen MR) is 106 cm³/mol. The Bertz CT molecular complexity index is 927. The lowest BCUT2D eigenvalue weighted by atomic mass is 10.1. The van der Waals surface area contributed by atoms with E-state index in [0.717, 1.165) is 36.1 Å². The van der Waals surface area contributed by atoms with Gasteiger partial charge in [0.15, 0.2) is 0 Å². The van der Waals surface area contributed by atoms with Crippen molar-refractivity contribution in [1.29, 1.82) is 5.26 Å². The summed E-state index contributed by atoms with van der Waals surface area (Å²) < 4.78 is 13.5. The van der Waals surface area contributed by atoms with E-state index in [4.69, 9.17) is 5.26 Å². The summed E-state index contributed by atoms with van der Waals surface area (Å²) in [5.74, 6) is 0.0201. The molecule has 0 bridgehead atoms. The smallest absolute Gasteiger partial charge is 0.237 e. The van der Waals surface area contributed by atoms with Gasteiger partial charge in [0.1, 0.15) is 17.9 Å². The first kappa shape index (κ1) is 18.6. The molecule has 7 heteroatoms. The van der Waals surface area contributed by atoms with E-state index in [0.29, 0.717) is 18.7 Å². The highest BCUT2D eigenvalue weighted by molar-refractivity contribution is 5.91. The number of carbonyl (C=O) groups is 1. The summed E-state index contributed by atoms with van der Waals surface area (Å²) in [6.07, 6.45) is 0.487. The fourth-order valence-corrected chi connectivity index (χ4v) is 4.25. The average molecular weight is 381 g/mol. The Hall–Kier alpha value is -2.72. The number of nitrogens with zero attached hydrogens (tertiary/aromatic N) is 4. The van der Waals surface area contributed by atoms with Gasteiger partial charge < -0.3 is 10.2 Å². The fraction of sp³-hybridized carbons (Fsp3) is 0.476. The molecule has 0 unspecified atom stereocenters. The normalized spacial score (nSPS) is 25.2. The lowest BCUT2D eigenvalue weighted by Crippen LogP contribution is -2.42. The molecule has 1 aromatic heterocycles. The lowest BCUT2D eigenvalue weighted by Gasteiger charge is -2.24. The largest absolute Gasteiger partial charge is 0.380 e. The van der Waals surface area contributed by atoms with E-state index in [2.05, 4.69) is 21.3 Å². The quantitative estimate of drug-likeness (QED) is 0.881. The number of hydrogen-bond acceptors (Lipinski definition) is 5. The molecule has 0 saturated carbocycles. The highest BCUT2D eigenvalue weighted by Gasteiger charge is 2.34. The molecule has 2 aliphatic rings. The van der Waals surface area contributed by atoms with Crippen molar-refractivity contribution in [3.8, 4) is 6.07 Å². The van der Waals surface area contributed by atoms with Gasteiger partial charge >= 0.3 is 0 Å². The van der Waals surface area contributed by atoms with Crippen LogP contribution >= 0.6 is 0 Å². The first-order chi connectivity index (χ1) is 13.5. The van der Waals surface area contributed by atoms with E-state index in [1.165, 1.54) is 0 Å². The molecule has 0 radical (unpaired) electrons. The number of anilines is 1. The second-order valence-electron chi connectivity index (χ2n) is 7.77. The zero-order valence-corrected chi connectivity index (χ0v) is 15.9. The molecular formula is C21H24FN5O. The van der Waals surface area contributed by atoms with Crippen LogP contribution in [0, 0.1) is 11.3 Å². The van der Waals surface area contributed by atoms with E-state index < -0.39 is 6.17 Å². The van der Waals surface area contributed by atoms with Crippen molar-refractivity contribution in [3.05, 3.63) is 36.0 Å². The Morgan fingerprint density at radius 1 is 1.36 bits per heavy atom. The third-order valence-corrected chi connectivity index (χ3v) is 5.68. The number of pyridine rings is 1. The molecule has 2 aromatic rings. The number of hydrogen-bond donors (Lipinski definition) is 1. The molecule has 3 atom stereocenters. The minimum Gasteiger partial charge on any atom is -0.380 e. The lowest BCUT2D eigenvalue weighted by molar-refractivity contribution is -0.132. The van der Waals surface area contributed by atoms with Gasteiger partial charge in [0.25, 0.3) is 0 Å². The van der Waals surface area contributed by atoms with Crippen molar-refractivity contribution in [1.82, 2.24) is 14.8 Å². The summed E-state index contributed by atoms with van der Waals surface area (Å²) in [5, 5.41) is 13.6. The Morgan fingerprint density at radius 3 is 2.96 bits per heavy atom. The summed E-state index contributed by atoms with van der Waals surface area (Å²) in [5.41, 5.74) is 2.18. The summed E-state index contributed by atoms with van der Waals surface area (Å²) in [6.45, 7) is 4.10. The first-order valence-electron chi connectivity index (χ1n) is 9.76. The number of nitrogens with one attached hydrogen (secondary N) is 1. The average Bonchev–Trinajstić information content (AvgIpc) is 3.26. The van der Waals surface area contributed by atoms with Gasteiger partial charge in [-0.15, -0.1) is 0 Å². The Kier molecular flexibility index (Phi) is 5.14. The van der Waals surface area contributed by atoms with Crippen LogP contribution in [0.5, 0.6) is 0 Å². The van der Waals surface area contributed by atoms with Crippen LogP contribution < -0.4 is 5.32 Å². The number of rotatable bonds is 4. The Balaban J connectivity index is 1.38. The number of amides is 1. The van der Waals surface area contributed by atoms with Crippen LogP contribution in [0.2, 0.25) is 0 Å². The van der Waals surface area contributed by atoms with Crippen molar-refractivity contribution >= 4 is 22.5 Å². The summed E-state index contributed by atoms with van der Waals surface area (Å²) in [6, 6.07) is 11.8. The topological polar surface area (TPSA) is 72.3 Å². The molecule has 2 fully saturated rings. The Labute approximate surface area is 163 Å². The molecule has 0 aliphatic carbocycles. The van der Waals surface area contributed by atoms with Crippen LogP contribution in [0.1, 0.15) is 25.5 Å². The monoisotopic (exact) mass is 381 g/mol. The van der Waals surface area contributed by atoms with E-state index >= 15 is 0 Å². The van der Waals surface area contributed by atoms with Gasteiger partial charge in [-0.3, -0.25) is 9.69 Å². The van der Waals surface area contributed by atoms with Gasteiger partial charge in [0.05, 0.1) is 18.6 Å². The fourth-order valence-electron chi connectivity index (χ4n) is 4.25. The second kappa shape index (κ2) is 7.72. The van der Waals surface area contributed by atoms with Crippen molar-refractivity contribution in [3.63, 3.8) is 0 Å². The van der Waals surface area contributed by atoms with Crippen LogP contribution in [0.15, 0.2) is 30.3 Å². The maximum Gasteiger partial charge on any atom is 0.237 e. The molecule has 1 amide bonds. The second-order valence-corrected chi connectivity index (χ2v) is 7.77. The van der Waals surface area contributed by atoms with Gasteiger partial charge in [0, 0.05) is 42.7 Å². The molecule has 4 rings (SSSR count). The van der Waals surface area contributed by atoms with E-state index in [-0.39, 0.29) is 24.5 Å². The molecule has 3 heterocycles. The number of nitriles is 1. The molecule has 146 valence electrons. The number of alkyl halides is 1. The minimum absolute atomic E-state index is 0.0134. The van der Waals surface area contributed by atoms with Crippen LogP contribution in [0.4, 0.5) is 10.1 Å². The molecular weight excluding hydrogens is 357 g/mol. The van der Waals surface area contributed by atoms with Gasteiger partial charge in [0.2, 0.25) is 5.91 Å². The molecule has 1 N–H and O–H groups in total. The first-order valence-corrected chi connectivity index (χ1v) is 9.76. The SMILES string of the molecule is C[C@@H]1C[C@H](F)CN1C(=O)CN1CC[C@H](Nc2cccc3nc(C#N)ccc23)C1. The van der Waals surface area contributed by atoms with Crippen LogP contribution in [0.3, 0.4) is 0 Å². The van der Waals surface area contributed by atoms with Gasteiger partial charge in [-0.25, -0.2) is 9.37 Å². The van der Waals surface area contributed by atoms with Crippen molar-refractivity contribution < 1.29 is 9.18 Å². The molecule has 2 saturated heterocycles. The summed E-state index contributed by atoms with van der Waals surface area (Å²) in [7, 11) is 0. The maximum absolute atomic E-state index is 13.5. The number of benzene rings is 1. The van der Waals surface area contributed by atoms with Crippen LogP contribution in [-0.4, -0.2) is 65.1 Å². The zero-order chi connectivity index (χ0) is 19.7. The third-order valence-electron chi connectivity index (χ3n) is 5.68. The molecule has 2 aliphatic heterocycles. The number of halogens is 1. The van der Waals surface area contributed by atoms with Crippen molar-refractivity contribution in [2.45, 2.75) is 38.0 Å². The molecule has 28 heavy (non-hydrogen) atoms. The molecule has 6 nitrogen and oxygen atoms in total. The van der Waals surface area contributed by atoms with Crippen LogP contribution in [0.25, 0.3) is 10.9 Å². The van der Waals surface area contributed by atoms with E-state index in [9.17, 15) is 9.18 Å². The van der Waals surface area contributed by atoms with Crippen molar-refractivity contribution in [2.24, 2.45) is 0 Å². The number of fused-ring (bicyclic) bond motifs is 1. The highest BCUT2D eigenvalue weighted by atomic mass is 19.1. The van der Waals surface area contributed by atoms with E-state index in [1.54, 1.807) is 11.0 Å². The highest BCUT2D eigenvalue weighted by Crippen LogP contribution is 2.25.